The number of rotatable bonds is 5. The Balaban J connectivity index is 2.02. The summed E-state index contributed by atoms with van der Waals surface area (Å²) in [5.74, 6) is 0. The molecule has 2 aromatic rings. The minimum absolute atomic E-state index is 0.216. The fourth-order valence-corrected chi connectivity index (χ4v) is 2.40. The van der Waals surface area contributed by atoms with Crippen LogP contribution < -0.4 is 5.32 Å². The second kappa shape index (κ2) is 6.22. The van der Waals surface area contributed by atoms with Crippen LogP contribution in [0.25, 0.3) is 0 Å². The van der Waals surface area contributed by atoms with Crippen molar-refractivity contribution in [3.8, 4) is 0 Å². The zero-order valence-electron chi connectivity index (χ0n) is 11.7. The van der Waals surface area contributed by atoms with Crippen molar-refractivity contribution in [2.45, 2.75) is 32.9 Å². The zero-order valence-corrected chi connectivity index (χ0v) is 12.4. The molecule has 0 radical (unpaired) electrons. The quantitative estimate of drug-likeness (QED) is 0.907. The van der Waals surface area contributed by atoms with Gasteiger partial charge in [-0.25, -0.2) is 0 Å². The predicted octanol–water partition coefficient (Wildman–Crippen LogP) is 3.49. The third-order valence-electron chi connectivity index (χ3n) is 3.35. The molecule has 0 saturated heterocycles. The molecule has 3 nitrogen and oxygen atoms in total. The molecule has 1 atom stereocenters. The minimum Gasteiger partial charge on any atom is -0.305 e. The fraction of sp³-hybridized carbons (Fsp3) is 0.400. The van der Waals surface area contributed by atoms with Gasteiger partial charge in [0.2, 0.25) is 0 Å². The lowest BCUT2D eigenvalue weighted by Crippen LogP contribution is -2.20. The van der Waals surface area contributed by atoms with Gasteiger partial charge in [-0.2, -0.15) is 5.10 Å². The van der Waals surface area contributed by atoms with E-state index in [4.69, 9.17) is 11.6 Å². The van der Waals surface area contributed by atoms with Crippen molar-refractivity contribution in [2.24, 2.45) is 7.05 Å². The number of nitrogens with one attached hydrogen (secondary N) is 1. The molecule has 0 bridgehead atoms. The second-order valence-electron chi connectivity index (χ2n) is 4.73. The van der Waals surface area contributed by atoms with Gasteiger partial charge in [-0.15, -0.1) is 0 Å². The zero-order chi connectivity index (χ0) is 13.8. The first-order valence-electron chi connectivity index (χ1n) is 6.61. The van der Waals surface area contributed by atoms with Crippen LogP contribution in [0.5, 0.6) is 0 Å². The average molecular weight is 278 g/mol. The summed E-state index contributed by atoms with van der Waals surface area (Å²) in [5, 5.41) is 8.74. The standard InChI is InChI=1S/C15H20ClN3/c1-4-12-9-13(19(3)18-12)10-17-11(2)14-7-5-6-8-15(14)16/h5-9,11,17H,4,10H2,1-3H3. The van der Waals surface area contributed by atoms with Crippen molar-refractivity contribution in [3.05, 3.63) is 52.3 Å². The van der Waals surface area contributed by atoms with Crippen LogP contribution >= 0.6 is 11.6 Å². The van der Waals surface area contributed by atoms with Crippen LogP contribution in [0.1, 0.15) is 36.8 Å². The first-order valence-corrected chi connectivity index (χ1v) is 6.99. The van der Waals surface area contributed by atoms with Crippen LogP contribution in [0.15, 0.2) is 30.3 Å². The van der Waals surface area contributed by atoms with Gasteiger partial charge in [-0.05, 0) is 31.0 Å². The van der Waals surface area contributed by atoms with Gasteiger partial charge in [0, 0.05) is 24.7 Å². The molecule has 0 aliphatic heterocycles. The Bertz CT molecular complexity index is 548. The molecule has 0 spiro atoms. The van der Waals surface area contributed by atoms with Crippen molar-refractivity contribution in [2.75, 3.05) is 0 Å². The summed E-state index contributed by atoms with van der Waals surface area (Å²) in [6.45, 7) is 5.03. The summed E-state index contributed by atoms with van der Waals surface area (Å²) in [6.07, 6.45) is 0.966. The lowest BCUT2D eigenvalue weighted by molar-refractivity contribution is 0.548. The molecule has 0 amide bonds. The molecule has 102 valence electrons. The van der Waals surface area contributed by atoms with Gasteiger partial charge in [0.1, 0.15) is 0 Å². The molecular weight excluding hydrogens is 258 g/mol. The molecule has 19 heavy (non-hydrogen) atoms. The molecule has 1 N–H and O–H groups in total. The Morgan fingerprint density at radius 3 is 2.74 bits per heavy atom. The van der Waals surface area contributed by atoms with E-state index in [0.29, 0.717) is 0 Å². The molecule has 0 fully saturated rings. The van der Waals surface area contributed by atoms with E-state index in [9.17, 15) is 0 Å². The van der Waals surface area contributed by atoms with E-state index < -0.39 is 0 Å². The molecule has 0 aliphatic rings. The van der Waals surface area contributed by atoms with Gasteiger partial charge >= 0.3 is 0 Å². The summed E-state index contributed by atoms with van der Waals surface area (Å²) >= 11 is 6.20. The smallest absolute Gasteiger partial charge is 0.0625 e. The predicted molar refractivity (Wildman–Crippen MR) is 79.3 cm³/mol. The third-order valence-corrected chi connectivity index (χ3v) is 3.69. The van der Waals surface area contributed by atoms with Gasteiger partial charge < -0.3 is 5.32 Å². The molecule has 2 rings (SSSR count). The number of nitrogens with zero attached hydrogens (tertiary/aromatic N) is 2. The lowest BCUT2D eigenvalue weighted by Gasteiger charge is -2.15. The van der Waals surface area contributed by atoms with Crippen molar-refractivity contribution in [3.63, 3.8) is 0 Å². The first kappa shape index (κ1) is 14.1. The van der Waals surface area contributed by atoms with Crippen LogP contribution in [0.3, 0.4) is 0 Å². The molecule has 1 heterocycles. The highest BCUT2D eigenvalue weighted by Crippen LogP contribution is 2.22. The lowest BCUT2D eigenvalue weighted by atomic mass is 10.1. The van der Waals surface area contributed by atoms with E-state index in [2.05, 4.69) is 36.4 Å². The average Bonchev–Trinajstić information content (AvgIpc) is 2.77. The largest absolute Gasteiger partial charge is 0.305 e. The van der Waals surface area contributed by atoms with Crippen LogP contribution in [0.4, 0.5) is 0 Å². The number of aromatic nitrogens is 2. The summed E-state index contributed by atoms with van der Waals surface area (Å²) in [6, 6.07) is 10.3. The molecule has 0 saturated carbocycles. The summed E-state index contributed by atoms with van der Waals surface area (Å²) in [7, 11) is 1.98. The van der Waals surface area contributed by atoms with Gasteiger partial charge in [0.05, 0.1) is 11.4 Å². The van der Waals surface area contributed by atoms with Crippen LogP contribution in [0.2, 0.25) is 5.02 Å². The van der Waals surface area contributed by atoms with Gasteiger partial charge in [-0.1, -0.05) is 36.7 Å². The van der Waals surface area contributed by atoms with Gasteiger partial charge in [0.25, 0.3) is 0 Å². The van der Waals surface area contributed by atoms with Crippen LogP contribution in [-0.2, 0) is 20.0 Å². The van der Waals surface area contributed by atoms with Crippen molar-refractivity contribution in [1.82, 2.24) is 15.1 Å². The Morgan fingerprint density at radius 2 is 2.11 bits per heavy atom. The minimum atomic E-state index is 0.216. The molecule has 1 aromatic heterocycles. The van der Waals surface area contributed by atoms with E-state index in [1.807, 2.05) is 29.9 Å². The SMILES string of the molecule is CCc1cc(CNC(C)c2ccccc2Cl)n(C)n1. The Labute approximate surface area is 119 Å². The number of benzene rings is 1. The molecule has 1 aromatic carbocycles. The van der Waals surface area contributed by atoms with E-state index in [-0.39, 0.29) is 6.04 Å². The van der Waals surface area contributed by atoms with E-state index >= 15 is 0 Å². The first-order chi connectivity index (χ1) is 9.11. The third kappa shape index (κ3) is 3.37. The number of hydrogen-bond donors (Lipinski definition) is 1. The maximum atomic E-state index is 6.20. The number of hydrogen-bond acceptors (Lipinski definition) is 2. The van der Waals surface area contributed by atoms with E-state index in [1.54, 1.807) is 0 Å². The Morgan fingerprint density at radius 1 is 1.37 bits per heavy atom. The van der Waals surface area contributed by atoms with E-state index in [0.717, 1.165) is 29.2 Å². The molecular formula is C15H20ClN3. The maximum Gasteiger partial charge on any atom is 0.0625 e. The van der Waals surface area contributed by atoms with Crippen LogP contribution in [-0.4, -0.2) is 9.78 Å². The summed E-state index contributed by atoms with van der Waals surface area (Å²) < 4.78 is 1.94. The van der Waals surface area contributed by atoms with Gasteiger partial charge in [0.15, 0.2) is 0 Å². The summed E-state index contributed by atoms with van der Waals surface area (Å²) in [5.41, 5.74) is 3.45. The summed E-state index contributed by atoms with van der Waals surface area (Å²) in [4.78, 5) is 0. The molecule has 1 unspecified atom stereocenters. The van der Waals surface area contributed by atoms with E-state index in [1.165, 1.54) is 5.69 Å². The molecule has 4 heteroatoms. The number of halogens is 1. The maximum absolute atomic E-state index is 6.20. The number of aryl methyl sites for hydroxylation is 2. The van der Waals surface area contributed by atoms with Gasteiger partial charge in [-0.3, -0.25) is 4.68 Å². The van der Waals surface area contributed by atoms with Crippen molar-refractivity contribution in [1.29, 1.82) is 0 Å². The highest BCUT2D eigenvalue weighted by Gasteiger charge is 2.10. The molecule has 0 aliphatic carbocycles. The van der Waals surface area contributed by atoms with Crippen LogP contribution in [0, 0.1) is 0 Å². The second-order valence-corrected chi connectivity index (χ2v) is 5.14. The normalized spacial score (nSPS) is 12.6. The Hall–Kier alpha value is -1.32. The Kier molecular flexibility index (Phi) is 4.61. The van der Waals surface area contributed by atoms with Crippen molar-refractivity contribution >= 4 is 11.6 Å². The van der Waals surface area contributed by atoms with Crippen molar-refractivity contribution < 1.29 is 0 Å². The fourth-order valence-electron chi connectivity index (χ4n) is 2.10. The monoisotopic (exact) mass is 277 g/mol. The highest BCUT2D eigenvalue weighted by atomic mass is 35.5. The highest BCUT2D eigenvalue weighted by molar-refractivity contribution is 6.31. The topological polar surface area (TPSA) is 29.9 Å².